The van der Waals surface area contributed by atoms with Gasteiger partial charge in [-0.2, -0.15) is 5.10 Å². The van der Waals surface area contributed by atoms with Gasteiger partial charge in [0.1, 0.15) is 0 Å². The number of carbonyl (C=O) groups excluding carboxylic acids is 6. The van der Waals surface area contributed by atoms with Gasteiger partial charge in [0, 0.05) is 184 Å². The predicted octanol–water partition coefficient (Wildman–Crippen LogP) is 16.6. The van der Waals surface area contributed by atoms with E-state index in [4.69, 9.17) is 5.11 Å². The quantitative estimate of drug-likeness (QED) is 0.0338. The second kappa shape index (κ2) is 35.3. The first-order chi connectivity index (χ1) is 53.5. The summed E-state index contributed by atoms with van der Waals surface area (Å²) in [7, 11) is 0. The van der Waals surface area contributed by atoms with Crippen LogP contribution < -0.4 is 21.4 Å². The first kappa shape index (κ1) is 80.0. The average molecular weight is 1920 g/mol. The number of hydrogen-bond acceptors (Lipinski definition) is 11. The number of carbonyl (C=O) groups is 7. The molecule has 2 radical (unpaired) electrons. The van der Waals surface area contributed by atoms with E-state index >= 15 is 0 Å². The summed E-state index contributed by atoms with van der Waals surface area (Å²) >= 11 is 0. The Morgan fingerprint density at radius 1 is 0.411 bits per heavy atom. The van der Waals surface area contributed by atoms with Gasteiger partial charge < -0.3 is 51.3 Å². The molecule has 13 aromatic rings. The van der Waals surface area contributed by atoms with E-state index in [2.05, 4.69) is 77.8 Å². The van der Waals surface area contributed by atoms with Crippen molar-refractivity contribution in [1.29, 1.82) is 0 Å². The van der Waals surface area contributed by atoms with Crippen LogP contribution in [0.25, 0.3) is 66.5 Å². The predicted molar refractivity (Wildman–Crippen MR) is 427 cm³/mol. The molecule has 4 saturated carbocycles. The number of carboxylic acids is 1. The number of nitrogens with one attached hydrogen (secondary N) is 7. The van der Waals surface area contributed by atoms with Gasteiger partial charge in [-0.3, -0.25) is 33.6 Å². The molecular weight excluding hydrogens is 1840 g/mol. The number of amides is 4. The van der Waals surface area contributed by atoms with Crippen LogP contribution in [-0.2, 0) is 39.0 Å². The maximum atomic E-state index is 13.0. The van der Waals surface area contributed by atoms with Gasteiger partial charge in [0.2, 0.25) is 17.7 Å². The van der Waals surface area contributed by atoms with Crippen molar-refractivity contribution >= 4 is 97.2 Å². The summed E-state index contributed by atoms with van der Waals surface area (Å²) in [5.74, 6) is -0.507. The molecule has 10 aromatic carbocycles. The molecule has 4 heterocycles. The minimum absolute atomic E-state index is 0. The molecule has 0 spiro atoms. The molecule has 4 amide bonds. The number of hydrazone groups is 1. The van der Waals surface area contributed by atoms with Crippen molar-refractivity contribution in [1.82, 2.24) is 20.4 Å². The zero-order chi connectivity index (χ0) is 76.3. The fraction of sp³-hybridized carbons (Fsp3) is 0.187. The van der Waals surface area contributed by atoms with Gasteiger partial charge in [-0.15, -0.1) is 0 Å². The number of Topliss-reactive ketones (excluding diaryl/α,β-unsaturated/α-hetero) is 2. The SMILES string of the molecule is CC(=O)c1cc(NC(=O)C2C[C@H]2c2ccccc2)cc2[nH]c(-c3cccc(CO)c3)cc12.CC(=O)c1cc(NC(=O)C2C[C@H]2c2ccccc2)cc2[nH]c(-c3cccc(CO)c3)cc12.O=C(O)C1C[C@H]1c1ccccc1.O=C1NN=Cc2c(-c3cccc(CO)c3)[nH]c3cc(NC(=O)[C@@H]4C[C@H]4c4ccccc4)cc1c23.[Ac].[Ac]. The standard InChI is InChI=1S/C27H22N4O3.2C27H24N2O3.C10H10O2.2Ac/c32-14-15-5-4-8-17(9-15)25-22-13-28-31-27(34)21-10-18(11-23(30-25)24(21)22)29-26(33)20-12-19(20)16-6-2-1-3-7-16;2*1-16(31)21-11-20(28-27(32)24-13-22(24)18-7-3-2-4-8-18)12-26-23(21)14-25(29-26)19-9-5-6-17(10-19)15-30;11-10(12)9-6-8(9)7-4-2-1-3-5-7;;/h1-11,13,19-20,30,32H,12,14H2,(H,29,33)(H,31,34);2*2-12,14,22,24,29-30H,13,15H2,1H3,(H,28,32);1-5,8-9H,6H2,(H,11,12);;/t19-,20+;2*22-,24?;8-,9?;;/m0000../s1. The molecule has 4 aliphatic carbocycles. The molecule has 0 bridgehead atoms. The van der Waals surface area contributed by atoms with Crippen LogP contribution in [0, 0.1) is 112 Å². The minimum atomic E-state index is -0.663. The van der Waals surface area contributed by atoms with Crippen LogP contribution in [-0.4, -0.2) is 82.8 Å². The van der Waals surface area contributed by atoms with Crippen LogP contribution in [0.4, 0.5) is 17.1 Å². The van der Waals surface area contributed by atoms with E-state index in [-0.39, 0.29) is 190 Å². The van der Waals surface area contributed by atoms with Crippen LogP contribution in [0.3, 0.4) is 0 Å². The number of aromatic amines is 3. The molecule has 3 unspecified atom stereocenters. The third kappa shape index (κ3) is 18.2. The first-order valence-electron chi connectivity index (χ1n) is 36.8. The fourth-order valence-corrected chi connectivity index (χ4v) is 15.1. The maximum Gasteiger partial charge on any atom is 0.307 e. The summed E-state index contributed by atoms with van der Waals surface area (Å²) < 4.78 is 0. The van der Waals surface area contributed by atoms with Crippen molar-refractivity contribution in [3.8, 4) is 33.8 Å². The normalized spacial score (nSPS) is 18.3. The van der Waals surface area contributed by atoms with E-state index < -0.39 is 5.97 Å². The largest absolute Gasteiger partial charge is 0.481 e. The Bertz CT molecular complexity index is 5540. The first-order valence-corrected chi connectivity index (χ1v) is 36.8. The molecule has 19 nitrogen and oxygen atoms in total. The molecule has 18 rings (SSSR count). The van der Waals surface area contributed by atoms with Crippen molar-refractivity contribution in [3.63, 3.8) is 0 Å². The average Bonchev–Trinajstić information content (AvgIpc) is 1.60. The molecule has 11 N–H and O–H groups in total. The molecule has 0 saturated heterocycles. The number of aromatic nitrogens is 3. The van der Waals surface area contributed by atoms with E-state index in [1.165, 1.54) is 30.5 Å². The molecule has 4 fully saturated rings. The van der Waals surface area contributed by atoms with Crippen LogP contribution in [0.2, 0.25) is 0 Å². The topological polar surface area (TPSA) is 308 Å². The third-order valence-corrected chi connectivity index (χ3v) is 21.2. The summed E-state index contributed by atoms with van der Waals surface area (Å²) in [5.41, 5.74) is 21.3. The van der Waals surface area contributed by atoms with Crippen molar-refractivity contribution in [2.45, 2.75) is 83.0 Å². The van der Waals surface area contributed by atoms with E-state index in [9.17, 15) is 48.9 Å². The van der Waals surface area contributed by atoms with Crippen molar-refractivity contribution in [3.05, 3.63) is 304 Å². The van der Waals surface area contributed by atoms with Gasteiger partial charge in [-0.25, -0.2) is 5.43 Å². The van der Waals surface area contributed by atoms with Crippen molar-refractivity contribution < 1.29 is 142 Å². The number of hydrogen-bond donors (Lipinski definition) is 11. The number of aliphatic carboxylic acids is 1. The Morgan fingerprint density at radius 3 is 1.14 bits per heavy atom. The van der Waals surface area contributed by atoms with E-state index in [0.717, 1.165) is 120 Å². The number of rotatable bonds is 19. The molecule has 5 aliphatic rings. The van der Waals surface area contributed by atoms with Crippen molar-refractivity contribution in [2.24, 2.45) is 28.8 Å². The number of nitrogens with zero attached hydrogens (tertiary/aromatic N) is 1. The molecule has 8 atom stereocenters. The second-order valence-corrected chi connectivity index (χ2v) is 28.8. The van der Waals surface area contributed by atoms with Crippen LogP contribution in [0.15, 0.2) is 248 Å². The number of anilines is 3. The molecule has 21 heteroatoms. The number of fused-ring (bicyclic) bond motifs is 2. The van der Waals surface area contributed by atoms with Gasteiger partial charge in [-0.1, -0.05) is 176 Å². The number of aliphatic hydroxyl groups is 3. The maximum absolute atomic E-state index is 13.0. The Morgan fingerprint density at radius 2 is 0.768 bits per heavy atom. The van der Waals surface area contributed by atoms with Crippen molar-refractivity contribution in [2.75, 3.05) is 16.0 Å². The smallest absolute Gasteiger partial charge is 0.307 e. The Hall–Kier alpha value is -10.1. The van der Waals surface area contributed by atoms with Crippen LogP contribution >= 0.6 is 0 Å². The van der Waals surface area contributed by atoms with Crippen LogP contribution in [0.5, 0.6) is 0 Å². The molecule has 1 aliphatic heterocycles. The zero-order valence-electron chi connectivity index (χ0n) is 61.5. The summed E-state index contributed by atoms with van der Waals surface area (Å²) in [5, 5.41) is 52.6. The second-order valence-electron chi connectivity index (χ2n) is 28.8. The Kier molecular flexibility index (Phi) is 25.2. The molecule has 3 aromatic heterocycles. The monoisotopic (exact) mass is 1910 g/mol. The van der Waals surface area contributed by atoms with E-state index in [0.29, 0.717) is 33.8 Å². The summed E-state index contributed by atoms with van der Waals surface area (Å²) in [6, 6.07) is 77.6. The number of carboxylic acid groups (broad SMARTS) is 1. The minimum Gasteiger partial charge on any atom is -0.481 e. The van der Waals surface area contributed by atoms with Gasteiger partial charge in [0.05, 0.1) is 43.2 Å². The fourth-order valence-electron chi connectivity index (χ4n) is 15.1. The third-order valence-electron chi connectivity index (χ3n) is 21.2. The van der Waals surface area contributed by atoms with Gasteiger partial charge in [-0.05, 0) is 186 Å². The van der Waals surface area contributed by atoms with Gasteiger partial charge in [0.15, 0.2) is 11.6 Å². The number of aliphatic hydroxyl groups excluding tert-OH is 3. The van der Waals surface area contributed by atoms with E-state index in [1.807, 2.05) is 188 Å². The molecule has 112 heavy (non-hydrogen) atoms. The summed E-state index contributed by atoms with van der Waals surface area (Å²) in [6.45, 7) is 2.93. The molecular formula is C91H80Ac2N8O11. The van der Waals surface area contributed by atoms with Crippen LogP contribution in [0.1, 0.15) is 139 Å². The number of H-pyrrole nitrogens is 3. The van der Waals surface area contributed by atoms with E-state index in [1.54, 1.807) is 24.4 Å². The number of benzene rings is 10. The number of ketones is 2. The summed E-state index contributed by atoms with van der Waals surface area (Å²) in [6.07, 6.45) is 4.93. The zero-order valence-corrected chi connectivity index (χ0v) is 71.0. The Balaban J connectivity index is 0.000000136. The summed E-state index contributed by atoms with van der Waals surface area (Å²) in [4.78, 5) is 96.8. The van der Waals surface area contributed by atoms with Gasteiger partial charge in [0.25, 0.3) is 5.91 Å². The Labute approximate surface area is 717 Å². The molecule has 556 valence electrons. The van der Waals surface area contributed by atoms with Gasteiger partial charge >= 0.3 is 5.97 Å².